The van der Waals surface area contributed by atoms with Crippen molar-refractivity contribution in [2.75, 3.05) is 9.80 Å². The third-order valence-corrected chi connectivity index (χ3v) is 14.2. The van der Waals surface area contributed by atoms with Crippen molar-refractivity contribution in [3.05, 3.63) is 196 Å². The molecule has 10 aromatic rings. The average Bonchev–Trinajstić information content (AvgIpc) is 3.84. The molecule has 0 radical (unpaired) electrons. The maximum Gasteiger partial charge on any atom is 0.0624 e. The minimum atomic E-state index is -0.235. The van der Waals surface area contributed by atoms with Gasteiger partial charge in [0.1, 0.15) is 0 Å². The largest absolute Gasteiger partial charge is 0.311 e. The van der Waals surface area contributed by atoms with Gasteiger partial charge in [0.05, 0.1) is 11.0 Å². The van der Waals surface area contributed by atoms with Gasteiger partial charge in [-0.2, -0.15) is 0 Å². The lowest BCUT2D eigenvalue weighted by atomic mass is 9.81. The topological polar surface area (TPSA) is 10.9 Å². The number of rotatable bonds is 6. The molecule has 0 aliphatic heterocycles. The lowest BCUT2D eigenvalue weighted by molar-refractivity contribution is 0.588. The Morgan fingerprint density at radius 1 is 0.484 bits per heavy atom. The summed E-state index contributed by atoms with van der Waals surface area (Å²) in [5.41, 5.74) is 23.8. The van der Waals surface area contributed by atoms with Crippen LogP contribution >= 0.6 is 0 Å². The maximum absolute atomic E-state index is 2.65. The Bertz CT molecular complexity index is 3540. The van der Waals surface area contributed by atoms with Gasteiger partial charge in [0.25, 0.3) is 0 Å². The van der Waals surface area contributed by atoms with E-state index in [1.807, 2.05) is 0 Å². The lowest BCUT2D eigenvalue weighted by Gasteiger charge is -2.28. The summed E-state index contributed by atoms with van der Waals surface area (Å²) in [5.74, 6) is 0. The Kier molecular flexibility index (Phi) is 8.79. The van der Waals surface area contributed by atoms with Gasteiger partial charge < -0.3 is 14.2 Å². The van der Waals surface area contributed by atoms with Gasteiger partial charge in [-0.25, -0.2) is 0 Å². The third-order valence-electron chi connectivity index (χ3n) is 14.2. The standard InChI is InChI=1S/C61H57N3/c1-36-14-12-16-44(30-36)62(53-25-18-38(3)28-40(53)5)46-22-20-42-32-50-49-35-47(63(45-17-13-15-37(2)31-45)54-26-19-39(4)29-41(54)6)23-27-55(49)64-58(50)56(48(42)34-46)57-51-33-43(60(7,8)9)21-24-52(51)61(10,11)59(57)64/h12-35H,1-11H3. The molecule has 1 aliphatic carbocycles. The first kappa shape index (κ1) is 40.0. The second-order valence-corrected chi connectivity index (χ2v) is 20.4. The first-order chi connectivity index (χ1) is 30.6. The van der Waals surface area contributed by atoms with Gasteiger partial charge in [-0.1, -0.05) is 119 Å². The van der Waals surface area contributed by atoms with Gasteiger partial charge in [0.2, 0.25) is 0 Å². The van der Waals surface area contributed by atoms with Crippen LogP contribution in [0.25, 0.3) is 49.1 Å². The fourth-order valence-corrected chi connectivity index (χ4v) is 11.1. The predicted molar refractivity (Wildman–Crippen MR) is 275 cm³/mol. The molecular formula is C61H57N3. The van der Waals surface area contributed by atoms with Gasteiger partial charge in [0, 0.05) is 67.0 Å². The van der Waals surface area contributed by atoms with E-state index in [9.17, 15) is 0 Å². The van der Waals surface area contributed by atoms with Crippen LogP contribution in [-0.2, 0) is 10.8 Å². The van der Waals surface area contributed by atoms with E-state index in [2.05, 4.69) is 236 Å². The molecule has 3 nitrogen and oxygen atoms in total. The molecule has 11 rings (SSSR count). The van der Waals surface area contributed by atoms with Crippen LogP contribution in [0.3, 0.4) is 0 Å². The average molecular weight is 832 g/mol. The van der Waals surface area contributed by atoms with Gasteiger partial charge in [-0.15, -0.1) is 0 Å². The molecule has 0 saturated heterocycles. The minimum absolute atomic E-state index is 0.0138. The van der Waals surface area contributed by atoms with Crippen molar-refractivity contribution >= 4 is 72.1 Å². The fraction of sp³-hybridized carbons (Fsp3) is 0.213. The van der Waals surface area contributed by atoms with E-state index in [1.54, 1.807) is 0 Å². The summed E-state index contributed by atoms with van der Waals surface area (Å²) in [6, 6.07) is 55.7. The zero-order valence-electron chi connectivity index (χ0n) is 39.2. The quantitative estimate of drug-likeness (QED) is 0.165. The zero-order chi connectivity index (χ0) is 44.6. The molecule has 3 heteroatoms. The number of anilines is 6. The number of hydrogen-bond acceptors (Lipinski definition) is 2. The second-order valence-electron chi connectivity index (χ2n) is 20.4. The van der Waals surface area contributed by atoms with E-state index in [4.69, 9.17) is 0 Å². The van der Waals surface area contributed by atoms with Crippen LogP contribution in [0.5, 0.6) is 0 Å². The highest BCUT2D eigenvalue weighted by Gasteiger charge is 2.42. The first-order valence-electron chi connectivity index (χ1n) is 22.9. The van der Waals surface area contributed by atoms with E-state index in [0.717, 1.165) is 22.7 Å². The molecule has 1 aliphatic rings. The molecule has 0 atom stereocenters. The Morgan fingerprint density at radius 2 is 1.03 bits per heavy atom. The predicted octanol–water partition coefficient (Wildman–Crippen LogP) is 17.2. The molecular weight excluding hydrogens is 775 g/mol. The molecule has 0 bridgehead atoms. The molecule has 316 valence electrons. The molecule has 0 N–H and O–H groups in total. The molecule has 0 fully saturated rings. The van der Waals surface area contributed by atoms with E-state index in [-0.39, 0.29) is 10.8 Å². The Hall–Kier alpha value is -6.84. The lowest BCUT2D eigenvalue weighted by Crippen LogP contribution is -2.18. The van der Waals surface area contributed by atoms with Crippen LogP contribution in [0.15, 0.2) is 146 Å². The highest BCUT2D eigenvalue weighted by molar-refractivity contribution is 6.29. The summed E-state index contributed by atoms with van der Waals surface area (Å²) in [6.07, 6.45) is 0. The van der Waals surface area contributed by atoms with E-state index in [1.165, 1.54) is 111 Å². The van der Waals surface area contributed by atoms with Crippen LogP contribution in [0.1, 0.15) is 84.8 Å². The molecule has 8 aromatic carbocycles. The monoisotopic (exact) mass is 831 g/mol. The van der Waals surface area contributed by atoms with Crippen molar-refractivity contribution in [3.8, 4) is 11.1 Å². The third kappa shape index (κ3) is 6.00. The Morgan fingerprint density at radius 3 is 1.59 bits per heavy atom. The van der Waals surface area contributed by atoms with E-state index < -0.39 is 0 Å². The molecule has 2 heterocycles. The first-order valence-corrected chi connectivity index (χ1v) is 22.9. The normalized spacial score (nSPS) is 13.4. The number of aryl methyl sites for hydroxylation is 6. The number of fused-ring (bicyclic) bond motifs is 10. The molecule has 2 aromatic heterocycles. The van der Waals surface area contributed by atoms with E-state index in [0.29, 0.717) is 0 Å². The maximum atomic E-state index is 2.65. The van der Waals surface area contributed by atoms with Gasteiger partial charge >= 0.3 is 0 Å². The summed E-state index contributed by atoms with van der Waals surface area (Å²) in [7, 11) is 0. The Balaban J connectivity index is 1.25. The molecule has 0 saturated carbocycles. The van der Waals surface area contributed by atoms with Gasteiger partial charge in [-0.05, 0) is 169 Å². The number of hydrogen-bond donors (Lipinski definition) is 0. The van der Waals surface area contributed by atoms with Crippen molar-refractivity contribution < 1.29 is 0 Å². The smallest absolute Gasteiger partial charge is 0.0624 e. The number of aromatic nitrogens is 1. The highest BCUT2D eigenvalue weighted by atomic mass is 15.2. The molecule has 0 unspecified atom stereocenters. The van der Waals surface area contributed by atoms with Crippen LogP contribution in [0.2, 0.25) is 0 Å². The van der Waals surface area contributed by atoms with Crippen LogP contribution < -0.4 is 9.80 Å². The van der Waals surface area contributed by atoms with Crippen molar-refractivity contribution in [2.24, 2.45) is 0 Å². The van der Waals surface area contributed by atoms with Crippen molar-refractivity contribution in [2.45, 2.75) is 87.0 Å². The molecule has 64 heavy (non-hydrogen) atoms. The number of nitrogens with zero attached hydrogens (tertiary/aromatic N) is 3. The van der Waals surface area contributed by atoms with Gasteiger partial charge in [-0.3, -0.25) is 0 Å². The summed E-state index contributed by atoms with van der Waals surface area (Å²) in [6.45, 7) is 25.1. The summed E-state index contributed by atoms with van der Waals surface area (Å²) in [4.78, 5) is 4.91. The summed E-state index contributed by atoms with van der Waals surface area (Å²) >= 11 is 0. The second kappa shape index (κ2) is 14.1. The fourth-order valence-electron chi connectivity index (χ4n) is 11.1. The van der Waals surface area contributed by atoms with Crippen molar-refractivity contribution in [1.82, 2.24) is 4.40 Å². The van der Waals surface area contributed by atoms with E-state index >= 15 is 0 Å². The summed E-state index contributed by atoms with van der Waals surface area (Å²) < 4.78 is 2.65. The molecule has 0 spiro atoms. The van der Waals surface area contributed by atoms with Crippen molar-refractivity contribution in [3.63, 3.8) is 0 Å². The van der Waals surface area contributed by atoms with Crippen LogP contribution in [0, 0.1) is 41.5 Å². The SMILES string of the molecule is Cc1cccc(N(c2ccc3cc4c5cc(N(c6cccc(C)c6)c6ccc(C)cc6C)ccc5n5c6c(c(c3c2)c45)-c2cc(C(C)(C)C)ccc2C6(C)C)c2ccc(C)cc2C)c1. The highest BCUT2D eigenvalue weighted by Crippen LogP contribution is 2.57. The molecule has 0 amide bonds. The van der Waals surface area contributed by atoms with Crippen LogP contribution in [-0.4, -0.2) is 4.40 Å². The number of benzene rings is 8. The van der Waals surface area contributed by atoms with Gasteiger partial charge in [0.15, 0.2) is 0 Å². The zero-order valence-corrected chi connectivity index (χ0v) is 39.2. The summed E-state index contributed by atoms with van der Waals surface area (Å²) in [5, 5.41) is 6.43. The van der Waals surface area contributed by atoms with Crippen molar-refractivity contribution in [1.29, 1.82) is 0 Å². The minimum Gasteiger partial charge on any atom is -0.311 e. The van der Waals surface area contributed by atoms with Crippen LogP contribution in [0.4, 0.5) is 34.1 Å². The Labute approximate surface area is 378 Å².